The van der Waals surface area contributed by atoms with Gasteiger partial charge in [-0.1, -0.05) is 12.1 Å². The summed E-state index contributed by atoms with van der Waals surface area (Å²) in [7, 11) is 0. The summed E-state index contributed by atoms with van der Waals surface area (Å²) in [6, 6.07) is 13.2. The Kier molecular flexibility index (Phi) is 7.14. The summed E-state index contributed by atoms with van der Waals surface area (Å²) in [5.74, 6) is 0. The van der Waals surface area contributed by atoms with Crippen molar-refractivity contribution in [1.82, 2.24) is 14.8 Å². The van der Waals surface area contributed by atoms with Crippen LogP contribution in [0.2, 0.25) is 0 Å². The van der Waals surface area contributed by atoms with Crippen LogP contribution in [0.3, 0.4) is 0 Å². The summed E-state index contributed by atoms with van der Waals surface area (Å²) in [4.78, 5) is 15.1. The molecule has 0 aliphatic carbocycles. The molecule has 6 nitrogen and oxygen atoms in total. The van der Waals surface area contributed by atoms with Gasteiger partial charge in [0.1, 0.15) is 0 Å². The van der Waals surface area contributed by atoms with Crippen LogP contribution in [0.5, 0.6) is 0 Å². The van der Waals surface area contributed by atoms with Crippen LogP contribution in [0.4, 0.5) is 18.9 Å². The zero-order valence-electron chi connectivity index (χ0n) is 18.5. The Bertz CT molecular complexity index is 1200. The summed E-state index contributed by atoms with van der Waals surface area (Å²) in [5, 5.41) is 14.5. The molecule has 0 saturated carbocycles. The first-order valence-electron chi connectivity index (χ1n) is 11.1. The number of pyridine rings is 1. The lowest BCUT2D eigenvalue weighted by molar-refractivity contribution is -0.137. The molecule has 3 N–H and O–H groups in total. The molecule has 0 spiro atoms. The molecule has 1 fully saturated rings. The third kappa shape index (κ3) is 5.55. The lowest BCUT2D eigenvalue weighted by atomic mass is 10.0. The maximum absolute atomic E-state index is 12.8. The Hall–Kier alpha value is -3.43. The van der Waals surface area contributed by atoms with Crippen LogP contribution < -0.4 is 16.2 Å². The van der Waals surface area contributed by atoms with Crippen molar-refractivity contribution in [3.8, 4) is 16.8 Å². The number of nitrogens with one attached hydrogen (secondary N) is 3. The molecular formula is C25H26F3N5O. The number of benzene rings is 2. The molecular weight excluding hydrogens is 443 g/mol. The molecule has 1 aromatic heterocycles. The number of alkyl halides is 3. The Balaban J connectivity index is 1.49. The molecule has 9 heteroatoms. The number of anilines is 1. The molecule has 3 aromatic rings. The number of halogens is 3. The number of aromatic nitrogens is 1. The number of hydrogen-bond acceptors (Lipinski definition) is 5. The summed E-state index contributed by atoms with van der Waals surface area (Å²) in [6.45, 7) is 5.68. The van der Waals surface area contributed by atoms with Crippen molar-refractivity contribution in [3.05, 3.63) is 82.3 Å². The van der Waals surface area contributed by atoms with Crippen LogP contribution in [-0.2, 0) is 6.18 Å². The standard InChI is InChI=1S/C25H26F3N5O/c26-25(27,28)21-3-1-18(2-4-21)19-7-11-33(24(34)16-19)22-5-6-23(20(15-22)17-29)31-10-14-32-12-8-30-9-13-32/h1-7,11,15-17,29-31H,8-10,12-14H2. The Morgan fingerprint density at radius 3 is 2.38 bits per heavy atom. The maximum atomic E-state index is 12.8. The molecule has 0 radical (unpaired) electrons. The lowest BCUT2D eigenvalue weighted by Gasteiger charge is -2.27. The molecule has 1 aliphatic rings. The second-order valence-electron chi connectivity index (χ2n) is 8.13. The summed E-state index contributed by atoms with van der Waals surface area (Å²) in [6.07, 6.45) is -1.56. The van der Waals surface area contributed by atoms with Crippen LogP contribution >= 0.6 is 0 Å². The molecule has 1 aliphatic heterocycles. The lowest BCUT2D eigenvalue weighted by Crippen LogP contribution is -2.45. The zero-order valence-corrected chi connectivity index (χ0v) is 18.5. The second-order valence-corrected chi connectivity index (χ2v) is 8.13. The first-order valence-corrected chi connectivity index (χ1v) is 11.1. The molecule has 178 valence electrons. The molecule has 34 heavy (non-hydrogen) atoms. The van der Waals surface area contributed by atoms with Crippen LogP contribution in [0.25, 0.3) is 16.8 Å². The summed E-state index contributed by atoms with van der Waals surface area (Å²) < 4.78 is 39.8. The fourth-order valence-electron chi connectivity index (χ4n) is 3.99. The number of nitrogens with zero attached hydrogens (tertiary/aromatic N) is 2. The van der Waals surface area contributed by atoms with Gasteiger partial charge in [-0.25, -0.2) is 0 Å². The van der Waals surface area contributed by atoms with Crippen molar-refractivity contribution in [2.45, 2.75) is 6.18 Å². The molecule has 0 bridgehead atoms. The minimum atomic E-state index is -4.40. The van der Waals surface area contributed by atoms with Crippen LogP contribution in [0.1, 0.15) is 11.1 Å². The third-order valence-electron chi connectivity index (χ3n) is 5.89. The second kappa shape index (κ2) is 10.2. The number of hydrogen-bond donors (Lipinski definition) is 3. The van der Waals surface area contributed by atoms with E-state index < -0.39 is 11.7 Å². The molecule has 2 aromatic carbocycles. The molecule has 0 unspecified atom stereocenters. The average molecular weight is 470 g/mol. The van der Waals surface area contributed by atoms with Crippen molar-refractivity contribution in [2.75, 3.05) is 44.6 Å². The molecule has 0 atom stereocenters. The highest BCUT2D eigenvalue weighted by Gasteiger charge is 2.30. The van der Waals surface area contributed by atoms with E-state index in [0.717, 1.165) is 57.1 Å². The predicted octanol–water partition coefficient (Wildman–Crippen LogP) is 3.84. The average Bonchev–Trinajstić information content (AvgIpc) is 2.84. The normalized spacial score (nSPS) is 14.7. The smallest absolute Gasteiger partial charge is 0.383 e. The fraction of sp³-hybridized carbons (Fsp3) is 0.280. The predicted molar refractivity (Wildman–Crippen MR) is 128 cm³/mol. The van der Waals surface area contributed by atoms with E-state index in [2.05, 4.69) is 15.5 Å². The van der Waals surface area contributed by atoms with Crippen molar-refractivity contribution in [1.29, 1.82) is 5.41 Å². The van der Waals surface area contributed by atoms with Crippen molar-refractivity contribution < 1.29 is 13.2 Å². The number of rotatable bonds is 7. The van der Waals surface area contributed by atoms with Gasteiger partial charge in [0, 0.05) is 74.7 Å². The Morgan fingerprint density at radius 2 is 1.74 bits per heavy atom. The van der Waals surface area contributed by atoms with Gasteiger partial charge < -0.3 is 16.0 Å². The van der Waals surface area contributed by atoms with E-state index in [0.29, 0.717) is 22.4 Å². The summed E-state index contributed by atoms with van der Waals surface area (Å²) >= 11 is 0. The summed E-state index contributed by atoms with van der Waals surface area (Å²) in [5.41, 5.74) is 2.11. The van der Waals surface area contributed by atoms with E-state index in [9.17, 15) is 18.0 Å². The first kappa shape index (κ1) is 23.7. The van der Waals surface area contributed by atoms with Crippen LogP contribution in [0.15, 0.2) is 65.6 Å². The van der Waals surface area contributed by atoms with Gasteiger partial charge in [-0.05, 0) is 47.5 Å². The molecule has 4 rings (SSSR count). The largest absolute Gasteiger partial charge is 0.416 e. The van der Waals surface area contributed by atoms with Crippen molar-refractivity contribution in [3.63, 3.8) is 0 Å². The van der Waals surface area contributed by atoms with E-state index in [1.54, 1.807) is 24.4 Å². The van der Waals surface area contributed by atoms with E-state index >= 15 is 0 Å². The van der Waals surface area contributed by atoms with Gasteiger partial charge in [0.25, 0.3) is 5.56 Å². The van der Waals surface area contributed by atoms with Gasteiger partial charge in [-0.3, -0.25) is 14.3 Å². The van der Waals surface area contributed by atoms with Gasteiger partial charge in [-0.15, -0.1) is 0 Å². The van der Waals surface area contributed by atoms with Crippen molar-refractivity contribution >= 4 is 11.9 Å². The highest BCUT2D eigenvalue weighted by Crippen LogP contribution is 2.30. The molecule has 2 heterocycles. The van der Waals surface area contributed by atoms with Gasteiger partial charge in [0.05, 0.1) is 5.56 Å². The molecule has 0 amide bonds. The highest BCUT2D eigenvalue weighted by atomic mass is 19.4. The zero-order chi connectivity index (χ0) is 24.1. The Labute approximate surface area is 195 Å². The third-order valence-corrected chi connectivity index (χ3v) is 5.89. The minimum Gasteiger partial charge on any atom is -0.383 e. The number of piperazine rings is 1. The Morgan fingerprint density at radius 1 is 1.00 bits per heavy atom. The van der Waals surface area contributed by atoms with E-state index in [-0.39, 0.29) is 5.56 Å². The first-order chi connectivity index (χ1) is 16.3. The van der Waals surface area contributed by atoms with Crippen LogP contribution in [-0.4, -0.2) is 55.0 Å². The SMILES string of the molecule is N=Cc1cc(-n2ccc(-c3ccc(C(F)(F)F)cc3)cc2=O)ccc1NCCN1CCNCC1. The van der Waals surface area contributed by atoms with Gasteiger partial charge in [0.2, 0.25) is 0 Å². The van der Waals surface area contributed by atoms with Gasteiger partial charge in [-0.2, -0.15) is 13.2 Å². The minimum absolute atomic E-state index is 0.312. The van der Waals surface area contributed by atoms with Gasteiger partial charge in [0.15, 0.2) is 0 Å². The highest BCUT2D eigenvalue weighted by molar-refractivity contribution is 5.86. The van der Waals surface area contributed by atoms with E-state index in [1.165, 1.54) is 29.0 Å². The fourth-order valence-corrected chi connectivity index (χ4v) is 3.99. The van der Waals surface area contributed by atoms with Crippen LogP contribution in [0, 0.1) is 5.41 Å². The van der Waals surface area contributed by atoms with Gasteiger partial charge >= 0.3 is 6.18 Å². The molecule has 1 saturated heterocycles. The maximum Gasteiger partial charge on any atom is 0.416 e. The van der Waals surface area contributed by atoms with E-state index in [4.69, 9.17) is 5.41 Å². The van der Waals surface area contributed by atoms with E-state index in [1.807, 2.05) is 6.07 Å². The monoisotopic (exact) mass is 469 g/mol. The van der Waals surface area contributed by atoms with Crippen molar-refractivity contribution in [2.24, 2.45) is 0 Å². The topological polar surface area (TPSA) is 73.2 Å². The quantitative estimate of drug-likeness (QED) is 0.460.